The summed E-state index contributed by atoms with van der Waals surface area (Å²) in [6.45, 7) is 8.15. The number of aromatic nitrogens is 2. The smallest absolute Gasteiger partial charge is 0.227 e. The molecule has 2 heterocycles. The van der Waals surface area contributed by atoms with E-state index in [1.807, 2.05) is 24.4 Å². The van der Waals surface area contributed by atoms with Gasteiger partial charge in [0.25, 0.3) is 0 Å². The highest BCUT2D eigenvalue weighted by atomic mass is 16.5. The number of ether oxygens (including phenoxy) is 1. The lowest BCUT2D eigenvalue weighted by atomic mass is 10.2. The van der Waals surface area contributed by atoms with Gasteiger partial charge in [-0.3, -0.25) is 0 Å². The molecule has 0 saturated carbocycles. The quantitative estimate of drug-likeness (QED) is 0.878. The van der Waals surface area contributed by atoms with Gasteiger partial charge in [-0.2, -0.15) is 4.98 Å². The van der Waals surface area contributed by atoms with E-state index >= 15 is 0 Å². The van der Waals surface area contributed by atoms with E-state index < -0.39 is 0 Å². The molecule has 0 spiro atoms. The van der Waals surface area contributed by atoms with E-state index in [2.05, 4.69) is 44.1 Å². The lowest BCUT2D eigenvalue weighted by Crippen LogP contribution is -2.46. The number of likely N-dealkylation sites (N-methyl/N-ethyl adjacent to an activating group) is 1. The number of hydrogen-bond acceptors (Lipinski definition) is 6. The van der Waals surface area contributed by atoms with Crippen LogP contribution in [-0.4, -0.2) is 54.7 Å². The topological polar surface area (TPSA) is 53.5 Å². The first-order valence-corrected chi connectivity index (χ1v) is 8.45. The average molecular weight is 327 g/mol. The highest BCUT2D eigenvalue weighted by molar-refractivity contribution is 5.42. The first-order valence-electron chi connectivity index (χ1n) is 8.45. The minimum Gasteiger partial charge on any atom is -0.497 e. The molecule has 128 valence electrons. The largest absolute Gasteiger partial charge is 0.497 e. The van der Waals surface area contributed by atoms with Gasteiger partial charge < -0.3 is 19.9 Å². The summed E-state index contributed by atoms with van der Waals surface area (Å²) < 4.78 is 5.18. The Labute approximate surface area is 143 Å². The van der Waals surface area contributed by atoms with E-state index in [-0.39, 0.29) is 0 Å². The Bertz CT molecular complexity index is 638. The standard InChI is InChI=1S/C18H25N5O/c1-3-22-10-12-23(13-11-22)18-19-9-8-17(21-18)20-14-15-4-6-16(24-2)7-5-15/h4-9H,3,10-14H2,1-2H3,(H,19,20,21). The highest BCUT2D eigenvalue weighted by Crippen LogP contribution is 2.15. The van der Waals surface area contributed by atoms with Crippen molar-refractivity contribution in [2.45, 2.75) is 13.5 Å². The van der Waals surface area contributed by atoms with Crippen molar-refractivity contribution in [3.8, 4) is 5.75 Å². The van der Waals surface area contributed by atoms with Crippen molar-refractivity contribution in [2.24, 2.45) is 0 Å². The van der Waals surface area contributed by atoms with Crippen LogP contribution in [-0.2, 0) is 6.54 Å². The van der Waals surface area contributed by atoms with Crippen LogP contribution < -0.4 is 15.0 Å². The second-order valence-corrected chi connectivity index (χ2v) is 5.86. The van der Waals surface area contributed by atoms with Crippen LogP contribution in [0.15, 0.2) is 36.5 Å². The zero-order valence-corrected chi connectivity index (χ0v) is 14.4. The molecule has 0 radical (unpaired) electrons. The molecule has 1 aliphatic heterocycles. The predicted octanol–water partition coefficient (Wildman–Crippen LogP) is 2.24. The van der Waals surface area contributed by atoms with E-state index in [1.165, 1.54) is 5.56 Å². The van der Waals surface area contributed by atoms with E-state index in [0.717, 1.165) is 56.8 Å². The first-order chi connectivity index (χ1) is 11.8. The molecule has 1 N–H and O–H groups in total. The van der Waals surface area contributed by atoms with Crippen molar-refractivity contribution in [1.29, 1.82) is 0 Å². The molecule has 1 aliphatic rings. The molecule has 1 fully saturated rings. The second kappa shape index (κ2) is 7.97. The van der Waals surface area contributed by atoms with Crippen LogP contribution in [0.3, 0.4) is 0 Å². The van der Waals surface area contributed by atoms with Crippen LogP contribution in [0.5, 0.6) is 5.75 Å². The van der Waals surface area contributed by atoms with E-state index in [4.69, 9.17) is 4.74 Å². The SMILES string of the molecule is CCN1CCN(c2nccc(NCc3ccc(OC)cc3)n2)CC1. The maximum atomic E-state index is 5.18. The zero-order chi connectivity index (χ0) is 16.8. The number of nitrogens with one attached hydrogen (secondary N) is 1. The Morgan fingerprint density at radius 2 is 1.83 bits per heavy atom. The monoisotopic (exact) mass is 327 g/mol. The van der Waals surface area contributed by atoms with E-state index in [1.54, 1.807) is 7.11 Å². The third-order valence-electron chi connectivity index (χ3n) is 4.38. The zero-order valence-electron chi connectivity index (χ0n) is 14.4. The first kappa shape index (κ1) is 16.5. The fourth-order valence-electron chi connectivity index (χ4n) is 2.80. The van der Waals surface area contributed by atoms with E-state index in [9.17, 15) is 0 Å². The number of benzene rings is 1. The molecule has 0 aliphatic carbocycles. The van der Waals surface area contributed by atoms with Gasteiger partial charge in [0.1, 0.15) is 11.6 Å². The van der Waals surface area contributed by atoms with Crippen molar-refractivity contribution in [3.63, 3.8) is 0 Å². The summed E-state index contributed by atoms with van der Waals surface area (Å²) in [6, 6.07) is 9.95. The number of nitrogens with zero attached hydrogens (tertiary/aromatic N) is 4. The third-order valence-corrected chi connectivity index (χ3v) is 4.38. The van der Waals surface area contributed by atoms with Crippen molar-refractivity contribution in [1.82, 2.24) is 14.9 Å². The molecular weight excluding hydrogens is 302 g/mol. The summed E-state index contributed by atoms with van der Waals surface area (Å²) in [5.41, 5.74) is 1.19. The molecule has 2 aromatic rings. The molecule has 3 rings (SSSR count). The van der Waals surface area contributed by atoms with Gasteiger partial charge in [0, 0.05) is 38.9 Å². The van der Waals surface area contributed by atoms with Gasteiger partial charge in [-0.25, -0.2) is 4.98 Å². The van der Waals surface area contributed by atoms with Gasteiger partial charge in [0.15, 0.2) is 0 Å². The second-order valence-electron chi connectivity index (χ2n) is 5.86. The van der Waals surface area contributed by atoms with Crippen LogP contribution in [0.25, 0.3) is 0 Å². The number of piperazine rings is 1. The molecule has 1 aromatic heterocycles. The fraction of sp³-hybridized carbons (Fsp3) is 0.444. The van der Waals surface area contributed by atoms with Gasteiger partial charge in [0.2, 0.25) is 5.95 Å². The molecule has 1 saturated heterocycles. The predicted molar refractivity (Wildman–Crippen MR) is 96.7 cm³/mol. The Hall–Kier alpha value is -2.34. The minimum absolute atomic E-state index is 0.726. The highest BCUT2D eigenvalue weighted by Gasteiger charge is 2.17. The molecule has 0 amide bonds. The Morgan fingerprint density at radius 3 is 2.50 bits per heavy atom. The van der Waals surface area contributed by atoms with Gasteiger partial charge in [-0.05, 0) is 30.3 Å². The summed E-state index contributed by atoms with van der Waals surface area (Å²) in [5.74, 6) is 2.54. The molecule has 6 nitrogen and oxygen atoms in total. The van der Waals surface area contributed by atoms with Crippen molar-refractivity contribution >= 4 is 11.8 Å². The normalized spacial score (nSPS) is 15.3. The molecule has 0 bridgehead atoms. The Morgan fingerprint density at radius 1 is 1.08 bits per heavy atom. The summed E-state index contributed by atoms with van der Waals surface area (Å²) >= 11 is 0. The Balaban J connectivity index is 1.58. The van der Waals surface area contributed by atoms with Crippen molar-refractivity contribution in [2.75, 3.05) is 50.1 Å². The lowest BCUT2D eigenvalue weighted by Gasteiger charge is -2.34. The maximum Gasteiger partial charge on any atom is 0.227 e. The van der Waals surface area contributed by atoms with Crippen LogP contribution >= 0.6 is 0 Å². The average Bonchev–Trinajstić information content (AvgIpc) is 2.67. The molecule has 6 heteroatoms. The third kappa shape index (κ3) is 4.14. The van der Waals surface area contributed by atoms with E-state index in [0.29, 0.717) is 0 Å². The van der Waals surface area contributed by atoms with Gasteiger partial charge in [-0.15, -0.1) is 0 Å². The lowest BCUT2D eigenvalue weighted by molar-refractivity contribution is 0.270. The van der Waals surface area contributed by atoms with Crippen molar-refractivity contribution < 1.29 is 4.74 Å². The molecule has 1 aromatic carbocycles. The van der Waals surface area contributed by atoms with Crippen LogP contribution in [0.2, 0.25) is 0 Å². The summed E-state index contributed by atoms with van der Waals surface area (Å²) in [5, 5.41) is 3.37. The number of hydrogen-bond donors (Lipinski definition) is 1. The molecular formula is C18H25N5O. The molecule has 0 unspecified atom stereocenters. The Kier molecular flexibility index (Phi) is 5.48. The van der Waals surface area contributed by atoms with Crippen LogP contribution in [0.1, 0.15) is 12.5 Å². The summed E-state index contributed by atoms with van der Waals surface area (Å²) in [4.78, 5) is 13.8. The molecule has 24 heavy (non-hydrogen) atoms. The molecule has 0 atom stereocenters. The number of anilines is 2. The summed E-state index contributed by atoms with van der Waals surface area (Å²) in [7, 11) is 1.68. The minimum atomic E-state index is 0.726. The van der Waals surface area contributed by atoms with Gasteiger partial charge in [0.05, 0.1) is 7.11 Å². The summed E-state index contributed by atoms with van der Waals surface area (Å²) in [6.07, 6.45) is 1.82. The van der Waals surface area contributed by atoms with Crippen molar-refractivity contribution in [3.05, 3.63) is 42.1 Å². The van der Waals surface area contributed by atoms with Crippen LogP contribution in [0, 0.1) is 0 Å². The van der Waals surface area contributed by atoms with Gasteiger partial charge >= 0.3 is 0 Å². The van der Waals surface area contributed by atoms with Gasteiger partial charge in [-0.1, -0.05) is 19.1 Å². The van der Waals surface area contributed by atoms with Crippen LogP contribution in [0.4, 0.5) is 11.8 Å². The number of methoxy groups -OCH3 is 1. The maximum absolute atomic E-state index is 5.18. The fourth-order valence-corrected chi connectivity index (χ4v) is 2.80. The number of rotatable bonds is 6.